The average Bonchev–Trinajstić information content (AvgIpc) is 2.17. The molecule has 0 atom stereocenters. The van der Waals surface area contributed by atoms with Crippen LogP contribution in [0.3, 0.4) is 0 Å². The zero-order chi connectivity index (χ0) is 9.68. The Morgan fingerprint density at radius 3 is 2.38 bits per heavy atom. The van der Waals surface area contributed by atoms with Crippen LogP contribution in [-0.2, 0) is 6.42 Å². The van der Waals surface area contributed by atoms with Gasteiger partial charge in [-0.05, 0) is 0 Å². The highest BCUT2D eigenvalue weighted by atomic mass is 14.3. The van der Waals surface area contributed by atoms with Crippen molar-refractivity contribution in [2.75, 3.05) is 0 Å². The van der Waals surface area contributed by atoms with Gasteiger partial charge in [-0.15, -0.1) is 0 Å². The molecular formula is C10H9BN2. The largest absolute Gasteiger partial charge is 0.197 e. The van der Waals surface area contributed by atoms with Crippen molar-refractivity contribution in [2.45, 2.75) is 6.42 Å². The molecule has 3 heteroatoms. The van der Waals surface area contributed by atoms with Gasteiger partial charge in [0.15, 0.2) is 0 Å². The van der Waals surface area contributed by atoms with E-state index in [2.05, 4.69) is 0 Å². The molecule has 0 aromatic heterocycles. The molecule has 2 nitrogen and oxygen atoms in total. The van der Waals surface area contributed by atoms with Gasteiger partial charge in [-0.2, -0.15) is 10.5 Å². The molecule has 0 saturated heterocycles. The van der Waals surface area contributed by atoms with Crippen LogP contribution in [-0.4, -0.2) is 7.85 Å². The summed E-state index contributed by atoms with van der Waals surface area (Å²) < 4.78 is 0. The molecular weight excluding hydrogens is 159 g/mol. The van der Waals surface area contributed by atoms with Crippen molar-refractivity contribution < 1.29 is 0 Å². The molecule has 0 amide bonds. The quantitative estimate of drug-likeness (QED) is 0.590. The van der Waals surface area contributed by atoms with E-state index in [0.29, 0.717) is 6.42 Å². The third kappa shape index (κ3) is 2.35. The highest BCUT2D eigenvalue weighted by Crippen LogP contribution is 2.04. The minimum Gasteiger partial charge on any atom is -0.197 e. The summed E-state index contributed by atoms with van der Waals surface area (Å²) in [4.78, 5) is 0. The van der Waals surface area contributed by atoms with Gasteiger partial charge in [0.1, 0.15) is 13.8 Å². The number of hydrogen-bond donors (Lipinski definition) is 0. The van der Waals surface area contributed by atoms with E-state index in [1.54, 1.807) is 0 Å². The molecule has 0 heterocycles. The molecule has 0 aliphatic heterocycles. The Labute approximate surface area is 78.8 Å². The van der Waals surface area contributed by atoms with Gasteiger partial charge in [-0.3, -0.25) is 0 Å². The van der Waals surface area contributed by atoms with Crippen LogP contribution in [0.15, 0.2) is 24.3 Å². The Bertz CT molecular complexity index is 359. The summed E-state index contributed by atoms with van der Waals surface area (Å²) in [6.45, 7) is 0. The average molecular weight is 168 g/mol. The first-order valence-electron chi connectivity index (χ1n) is 4.11. The van der Waals surface area contributed by atoms with Crippen molar-refractivity contribution in [3.05, 3.63) is 29.8 Å². The molecule has 0 radical (unpaired) electrons. The monoisotopic (exact) mass is 168 g/mol. The van der Waals surface area contributed by atoms with Crippen LogP contribution in [0.5, 0.6) is 0 Å². The molecule has 1 rings (SSSR count). The first-order chi connectivity index (χ1) is 6.27. The maximum absolute atomic E-state index is 8.61. The standard InChI is InChI=1S/C10H9BN2/c11-10-4-2-1-3-9(10)5-8(6-12)7-13/h1-4,8H,5,11H2. The summed E-state index contributed by atoms with van der Waals surface area (Å²) in [6.07, 6.45) is 0.527. The van der Waals surface area contributed by atoms with Gasteiger partial charge in [0.2, 0.25) is 0 Å². The normalized spacial score (nSPS) is 9.15. The highest BCUT2D eigenvalue weighted by Gasteiger charge is 2.07. The first-order valence-corrected chi connectivity index (χ1v) is 4.11. The lowest BCUT2D eigenvalue weighted by atomic mass is 9.87. The number of nitrogens with zero attached hydrogens (tertiary/aromatic N) is 2. The summed E-state index contributed by atoms with van der Waals surface area (Å²) in [5, 5.41) is 17.2. The van der Waals surface area contributed by atoms with Crippen molar-refractivity contribution in [1.29, 1.82) is 10.5 Å². The van der Waals surface area contributed by atoms with Gasteiger partial charge < -0.3 is 0 Å². The molecule has 1 aromatic carbocycles. The highest BCUT2D eigenvalue weighted by molar-refractivity contribution is 6.33. The zero-order valence-corrected chi connectivity index (χ0v) is 7.49. The van der Waals surface area contributed by atoms with Gasteiger partial charge in [0, 0.05) is 6.42 Å². The fourth-order valence-corrected chi connectivity index (χ4v) is 1.18. The van der Waals surface area contributed by atoms with Gasteiger partial charge >= 0.3 is 0 Å². The third-order valence-corrected chi connectivity index (χ3v) is 2.00. The van der Waals surface area contributed by atoms with Crippen LogP contribution in [0.25, 0.3) is 0 Å². The van der Waals surface area contributed by atoms with Crippen molar-refractivity contribution in [3.63, 3.8) is 0 Å². The lowest BCUT2D eigenvalue weighted by Gasteiger charge is -2.04. The molecule has 0 fully saturated rings. The zero-order valence-electron chi connectivity index (χ0n) is 7.49. The second-order valence-corrected chi connectivity index (χ2v) is 2.94. The molecule has 0 saturated carbocycles. The summed E-state index contributed by atoms with van der Waals surface area (Å²) >= 11 is 0. The van der Waals surface area contributed by atoms with Crippen LogP contribution in [0.4, 0.5) is 0 Å². The van der Waals surface area contributed by atoms with Crippen LogP contribution in [0.1, 0.15) is 5.56 Å². The van der Waals surface area contributed by atoms with Crippen molar-refractivity contribution in [2.24, 2.45) is 5.92 Å². The van der Waals surface area contributed by atoms with Crippen molar-refractivity contribution >= 4 is 13.3 Å². The summed E-state index contributed by atoms with van der Waals surface area (Å²) in [5.74, 6) is -0.527. The Morgan fingerprint density at radius 2 is 1.85 bits per heavy atom. The van der Waals surface area contributed by atoms with E-state index in [4.69, 9.17) is 10.5 Å². The Morgan fingerprint density at radius 1 is 1.23 bits per heavy atom. The van der Waals surface area contributed by atoms with Crippen LogP contribution in [0, 0.1) is 28.6 Å². The van der Waals surface area contributed by atoms with E-state index in [0.717, 1.165) is 11.0 Å². The molecule has 0 bridgehead atoms. The number of hydrogen-bond acceptors (Lipinski definition) is 2. The molecule has 0 N–H and O–H groups in total. The van der Waals surface area contributed by atoms with E-state index in [9.17, 15) is 0 Å². The smallest absolute Gasteiger partial charge is 0.139 e. The number of rotatable bonds is 2. The number of nitriles is 2. The molecule has 62 valence electrons. The summed E-state index contributed by atoms with van der Waals surface area (Å²) in [5.41, 5.74) is 2.22. The predicted octanol–water partition coefficient (Wildman–Crippen LogP) is 0.151. The summed E-state index contributed by atoms with van der Waals surface area (Å²) in [7, 11) is 1.99. The van der Waals surface area contributed by atoms with E-state index in [1.807, 2.05) is 44.3 Å². The minimum absolute atomic E-state index is 0.527. The van der Waals surface area contributed by atoms with Gasteiger partial charge in [0.05, 0.1) is 12.1 Å². The van der Waals surface area contributed by atoms with Gasteiger partial charge in [-0.1, -0.05) is 35.3 Å². The SMILES string of the molecule is Bc1ccccc1CC(C#N)C#N. The predicted molar refractivity (Wildman–Crippen MR) is 53.0 cm³/mol. The van der Waals surface area contributed by atoms with Crippen molar-refractivity contribution in [3.8, 4) is 12.1 Å². The van der Waals surface area contributed by atoms with E-state index < -0.39 is 5.92 Å². The van der Waals surface area contributed by atoms with Crippen molar-refractivity contribution in [1.82, 2.24) is 0 Å². The Kier molecular flexibility index (Phi) is 3.12. The van der Waals surface area contributed by atoms with Crippen LogP contribution >= 0.6 is 0 Å². The fraction of sp³-hybridized carbons (Fsp3) is 0.200. The summed E-state index contributed by atoms with van der Waals surface area (Å²) in [6, 6.07) is 11.8. The van der Waals surface area contributed by atoms with Crippen LogP contribution in [0.2, 0.25) is 0 Å². The Hall–Kier alpha value is -1.74. The maximum atomic E-state index is 8.61. The number of benzene rings is 1. The lowest BCUT2D eigenvalue weighted by molar-refractivity contribution is 0.838. The maximum Gasteiger partial charge on any atom is 0.139 e. The molecule has 1 aromatic rings. The minimum atomic E-state index is -0.527. The molecule has 0 aliphatic rings. The lowest BCUT2D eigenvalue weighted by Crippen LogP contribution is -2.12. The van der Waals surface area contributed by atoms with E-state index >= 15 is 0 Å². The third-order valence-electron chi connectivity index (χ3n) is 2.00. The topological polar surface area (TPSA) is 47.6 Å². The van der Waals surface area contributed by atoms with Crippen LogP contribution < -0.4 is 5.46 Å². The first kappa shape index (κ1) is 9.35. The second kappa shape index (κ2) is 4.33. The fourth-order valence-electron chi connectivity index (χ4n) is 1.18. The molecule has 0 aliphatic carbocycles. The Balaban J connectivity index is 2.82. The molecule has 0 spiro atoms. The van der Waals surface area contributed by atoms with Gasteiger partial charge in [-0.25, -0.2) is 0 Å². The second-order valence-electron chi connectivity index (χ2n) is 2.94. The van der Waals surface area contributed by atoms with E-state index in [1.165, 1.54) is 0 Å². The molecule has 13 heavy (non-hydrogen) atoms. The van der Waals surface area contributed by atoms with E-state index in [-0.39, 0.29) is 0 Å². The molecule has 0 unspecified atom stereocenters. The van der Waals surface area contributed by atoms with Gasteiger partial charge in [0.25, 0.3) is 0 Å².